The number of halogens is 1. The van der Waals surface area contributed by atoms with Gasteiger partial charge in [0.25, 0.3) is 5.89 Å². The fourth-order valence-corrected chi connectivity index (χ4v) is 2.09. The minimum atomic E-state index is 0.275. The first-order chi connectivity index (χ1) is 9.54. The van der Waals surface area contributed by atoms with Crippen molar-refractivity contribution in [1.82, 2.24) is 15.5 Å². The van der Waals surface area contributed by atoms with Crippen molar-refractivity contribution in [3.63, 3.8) is 0 Å². The predicted octanol–water partition coefficient (Wildman–Crippen LogP) is 3.22. The molecule has 0 unspecified atom stereocenters. The predicted molar refractivity (Wildman–Crippen MR) is 79.5 cm³/mol. The van der Waals surface area contributed by atoms with Gasteiger partial charge in [0.05, 0.1) is 0 Å². The minimum absolute atomic E-state index is 0.275. The number of aromatic nitrogens is 2. The second-order valence-corrected chi connectivity index (χ2v) is 5.73. The van der Waals surface area contributed by atoms with Crippen LogP contribution in [0, 0.1) is 6.92 Å². The Balaban J connectivity index is 2.05. The maximum absolute atomic E-state index is 5.77. The van der Waals surface area contributed by atoms with Crippen LogP contribution in [0.3, 0.4) is 0 Å². The van der Waals surface area contributed by atoms with Gasteiger partial charge >= 0.3 is 0 Å². The molecule has 0 bridgehead atoms. The van der Waals surface area contributed by atoms with Crippen LogP contribution in [-0.2, 0) is 13.2 Å². The summed E-state index contributed by atoms with van der Waals surface area (Å²) in [6.07, 6.45) is 0. The van der Waals surface area contributed by atoms with Crippen molar-refractivity contribution in [3.8, 4) is 5.75 Å². The maximum atomic E-state index is 5.77. The molecule has 1 aromatic carbocycles. The van der Waals surface area contributed by atoms with Crippen LogP contribution in [0.5, 0.6) is 5.75 Å². The summed E-state index contributed by atoms with van der Waals surface area (Å²) in [7, 11) is 0. The van der Waals surface area contributed by atoms with Gasteiger partial charge in [0.1, 0.15) is 5.75 Å². The Labute approximate surface area is 126 Å². The van der Waals surface area contributed by atoms with Crippen molar-refractivity contribution in [1.29, 1.82) is 0 Å². The SMILES string of the molecule is Cc1noc(COc2ccc(Br)cc2CNC(C)C)n1. The van der Waals surface area contributed by atoms with Crippen molar-refractivity contribution >= 4 is 15.9 Å². The molecule has 0 atom stereocenters. The van der Waals surface area contributed by atoms with Crippen molar-refractivity contribution in [2.75, 3.05) is 0 Å². The molecule has 0 saturated carbocycles. The first-order valence-corrected chi connectivity index (χ1v) is 7.27. The van der Waals surface area contributed by atoms with E-state index in [1.165, 1.54) is 0 Å². The average molecular weight is 340 g/mol. The Hall–Kier alpha value is -1.40. The van der Waals surface area contributed by atoms with Gasteiger partial charge in [0.15, 0.2) is 12.4 Å². The molecule has 0 aliphatic carbocycles. The van der Waals surface area contributed by atoms with E-state index in [0.29, 0.717) is 17.8 Å². The van der Waals surface area contributed by atoms with Gasteiger partial charge in [0.2, 0.25) is 0 Å². The number of aryl methyl sites for hydroxylation is 1. The zero-order valence-electron chi connectivity index (χ0n) is 11.8. The van der Waals surface area contributed by atoms with E-state index in [9.17, 15) is 0 Å². The van der Waals surface area contributed by atoms with Crippen LogP contribution in [-0.4, -0.2) is 16.2 Å². The lowest BCUT2D eigenvalue weighted by Gasteiger charge is -2.13. The molecule has 0 aliphatic rings. The smallest absolute Gasteiger partial charge is 0.264 e. The highest BCUT2D eigenvalue weighted by molar-refractivity contribution is 9.10. The molecule has 0 aliphatic heterocycles. The van der Waals surface area contributed by atoms with Crippen LogP contribution in [0.4, 0.5) is 0 Å². The molecule has 0 spiro atoms. The Morgan fingerprint density at radius 2 is 2.20 bits per heavy atom. The fraction of sp³-hybridized carbons (Fsp3) is 0.429. The average Bonchev–Trinajstić information content (AvgIpc) is 2.81. The molecule has 1 aromatic heterocycles. The summed E-state index contributed by atoms with van der Waals surface area (Å²) in [5.74, 6) is 1.91. The maximum Gasteiger partial charge on any atom is 0.264 e. The molecule has 1 N–H and O–H groups in total. The molecule has 6 heteroatoms. The van der Waals surface area contributed by atoms with Crippen LogP contribution in [0.2, 0.25) is 0 Å². The molecule has 20 heavy (non-hydrogen) atoms. The number of ether oxygens (including phenoxy) is 1. The van der Waals surface area contributed by atoms with E-state index in [4.69, 9.17) is 9.26 Å². The van der Waals surface area contributed by atoms with Crippen molar-refractivity contribution in [2.24, 2.45) is 0 Å². The molecule has 1 heterocycles. The molecule has 2 aromatic rings. The highest BCUT2D eigenvalue weighted by Crippen LogP contribution is 2.24. The summed E-state index contributed by atoms with van der Waals surface area (Å²) in [4.78, 5) is 4.12. The third-order valence-electron chi connectivity index (χ3n) is 2.64. The second kappa shape index (κ2) is 6.85. The van der Waals surface area contributed by atoms with Gasteiger partial charge in [0, 0.05) is 22.6 Å². The number of nitrogens with zero attached hydrogens (tertiary/aromatic N) is 2. The molecule has 0 saturated heterocycles. The van der Waals surface area contributed by atoms with E-state index in [-0.39, 0.29) is 6.61 Å². The first kappa shape index (κ1) is 15.0. The van der Waals surface area contributed by atoms with E-state index in [1.54, 1.807) is 6.92 Å². The zero-order chi connectivity index (χ0) is 14.5. The topological polar surface area (TPSA) is 60.2 Å². The number of hydrogen-bond acceptors (Lipinski definition) is 5. The molecule has 0 amide bonds. The lowest BCUT2D eigenvalue weighted by Crippen LogP contribution is -2.22. The van der Waals surface area contributed by atoms with E-state index in [1.807, 2.05) is 18.2 Å². The van der Waals surface area contributed by atoms with Gasteiger partial charge < -0.3 is 14.6 Å². The quantitative estimate of drug-likeness (QED) is 0.875. The molecule has 5 nitrogen and oxygen atoms in total. The second-order valence-electron chi connectivity index (χ2n) is 4.81. The third-order valence-corrected chi connectivity index (χ3v) is 3.14. The largest absolute Gasteiger partial charge is 0.483 e. The summed E-state index contributed by atoms with van der Waals surface area (Å²) < 4.78 is 11.8. The van der Waals surface area contributed by atoms with Crippen LogP contribution in [0.15, 0.2) is 27.2 Å². The highest BCUT2D eigenvalue weighted by Gasteiger charge is 2.08. The molecular formula is C14H18BrN3O2. The lowest BCUT2D eigenvalue weighted by atomic mass is 10.2. The van der Waals surface area contributed by atoms with Gasteiger partial charge in [-0.25, -0.2) is 0 Å². The number of rotatable bonds is 6. The number of hydrogen-bond donors (Lipinski definition) is 1. The van der Waals surface area contributed by atoms with Crippen LogP contribution < -0.4 is 10.1 Å². The van der Waals surface area contributed by atoms with Crippen LogP contribution in [0.25, 0.3) is 0 Å². The third kappa shape index (κ3) is 4.31. The van der Waals surface area contributed by atoms with E-state index >= 15 is 0 Å². The summed E-state index contributed by atoms with van der Waals surface area (Å²) in [5.41, 5.74) is 1.09. The van der Waals surface area contributed by atoms with Crippen LogP contribution >= 0.6 is 15.9 Å². The van der Waals surface area contributed by atoms with Crippen molar-refractivity contribution in [3.05, 3.63) is 40.0 Å². The summed E-state index contributed by atoms with van der Waals surface area (Å²) in [5, 5.41) is 7.12. The molecular weight excluding hydrogens is 322 g/mol. The molecule has 2 rings (SSSR count). The molecule has 0 radical (unpaired) electrons. The standard InChI is InChI=1S/C14H18BrN3O2/c1-9(2)16-7-11-6-12(15)4-5-13(11)19-8-14-17-10(3)18-20-14/h4-6,9,16H,7-8H2,1-3H3. The fourth-order valence-electron chi connectivity index (χ4n) is 1.68. The normalized spacial score (nSPS) is 11.1. The van der Waals surface area contributed by atoms with Crippen LogP contribution in [0.1, 0.15) is 31.1 Å². The van der Waals surface area contributed by atoms with E-state index < -0.39 is 0 Å². The Morgan fingerprint density at radius 1 is 1.40 bits per heavy atom. The Morgan fingerprint density at radius 3 is 2.85 bits per heavy atom. The first-order valence-electron chi connectivity index (χ1n) is 6.48. The minimum Gasteiger partial charge on any atom is -0.483 e. The summed E-state index contributed by atoms with van der Waals surface area (Å²) >= 11 is 3.48. The van der Waals surface area contributed by atoms with Gasteiger partial charge in [-0.2, -0.15) is 4.98 Å². The Bertz CT molecular complexity index is 569. The summed E-state index contributed by atoms with van der Waals surface area (Å²) in [6, 6.07) is 6.35. The van der Waals surface area contributed by atoms with Crippen molar-refractivity contribution < 1.29 is 9.26 Å². The zero-order valence-corrected chi connectivity index (χ0v) is 13.4. The summed E-state index contributed by atoms with van der Waals surface area (Å²) in [6.45, 7) is 7.02. The van der Waals surface area contributed by atoms with Crippen molar-refractivity contribution in [2.45, 2.75) is 40.0 Å². The molecule has 0 fully saturated rings. The molecule has 108 valence electrons. The van der Waals surface area contributed by atoms with Gasteiger partial charge in [-0.05, 0) is 25.1 Å². The lowest BCUT2D eigenvalue weighted by molar-refractivity contribution is 0.240. The van der Waals surface area contributed by atoms with E-state index in [2.05, 4.69) is 45.2 Å². The number of benzene rings is 1. The monoisotopic (exact) mass is 339 g/mol. The number of nitrogens with one attached hydrogen (secondary N) is 1. The van der Waals surface area contributed by atoms with E-state index in [0.717, 1.165) is 22.3 Å². The highest BCUT2D eigenvalue weighted by atomic mass is 79.9. The van der Waals surface area contributed by atoms with Gasteiger partial charge in [-0.15, -0.1) is 0 Å². The Kier molecular flexibility index (Phi) is 5.14. The van der Waals surface area contributed by atoms with Gasteiger partial charge in [-0.1, -0.05) is 34.9 Å². The van der Waals surface area contributed by atoms with Gasteiger partial charge in [-0.3, -0.25) is 0 Å².